The lowest BCUT2D eigenvalue weighted by Crippen LogP contribution is -1.84. The molecule has 0 aliphatic carbocycles. The zero-order chi connectivity index (χ0) is 10.8. The minimum absolute atomic E-state index is 0.915. The van der Waals surface area contributed by atoms with Gasteiger partial charge in [-0.05, 0) is 30.2 Å². The lowest BCUT2D eigenvalue weighted by atomic mass is 10.3. The van der Waals surface area contributed by atoms with E-state index in [9.17, 15) is 0 Å². The van der Waals surface area contributed by atoms with Gasteiger partial charge in [-0.2, -0.15) is 12.6 Å². The number of rotatable bonds is 5. The van der Waals surface area contributed by atoms with E-state index in [-0.39, 0.29) is 0 Å². The molecule has 0 bridgehead atoms. The van der Waals surface area contributed by atoms with Gasteiger partial charge in [-0.15, -0.1) is 0 Å². The Labute approximate surface area is 96.6 Å². The van der Waals surface area contributed by atoms with Gasteiger partial charge in [0.1, 0.15) is 0 Å². The van der Waals surface area contributed by atoms with Gasteiger partial charge in [-0.25, -0.2) is 0 Å². The lowest BCUT2D eigenvalue weighted by Gasteiger charge is -1.97. The summed E-state index contributed by atoms with van der Waals surface area (Å²) in [6.45, 7) is 0. The molecule has 0 saturated carbocycles. The van der Waals surface area contributed by atoms with E-state index in [0.717, 1.165) is 12.1 Å². The summed E-state index contributed by atoms with van der Waals surface area (Å²) >= 11 is 3.95. The summed E-state index contributed by atoms with van der Waals surface area (Å²) in [7, 11) is 0. The number of para-hydroxylation sites is 1. The van der Waals surface area contributed by atoms with Crippen molar-refractivity contribution in [3.05, 3.63) is 66.2 Å². The maximum atomic E-state index is 3.95. The summed E-state index contributed by atoms with van der Waals surface area (Å²) < 4.78 is 0. The van der Waals surface area contributed by atoms with E-state index in [1.807, 2.05) is 48.7 Å². The minimum atomic E-state index is 0.915. The monoisotopic (exact) mass is 217 g/mol. The lowest BCUT2D eigenvalue weighted by molar-refractivity contribution is 1.38. The first-order chi connectivity index (χ1) is 7.43. The highest BCUT2D eigenvalue weighted by molar-refractivity contribution is 7.83. The van der Waals surface area contributed by atoms with Gasteiger partial charge in [-0.3, -0.25) is 0 Å². The Bertz CT molecular complexity index is 339. The van der Waals surface area contributed by atoms with E-state index < -0.39 is 0 Å². The van der Waals surface area contributed by atoms with Crippen LogP contribution in [-0.2, 0) is 0 Å². The van der Waals surface area contributed by atoms with Crippen molar-refractivity contribution >= 4 is 18.3 Å². The molecule has 0 saturated heterocycles. The number of thiol groups is 1. The van der Waals surface area contributed by atoms with Gasteiger partial charge in [-0.1, -0.05) is 42.5 Å². The molecule has 1 nitrogen and oxygen atoms in total. The van der Waals surface area contributed by atoms with Crippen LogP contribution in [0.15, 0.2) is 66.2 Å². The van der Waals surface area contributed by atoms with Gasteiger partial charge < -0.3 is 5.32 Å². The SMILES string of the molecule is S/C=C\C=C\C/C=C\Nc1ccccc1. The molecule has 1 N–H and O–H groups in total. The molecule has 0 aliphatic heterocycles. The minimum Gasteiger partial charge on any atom is -0.362 e. The zero-order valence-corrected chi connectivity index (χ0v) is 9.40. The van der Waals surface area contributed by atoms with Crippen LogP contribution in [0.25, 0.3) is 0 Å². The highest BCUT2D eigenvalue weighted by Crippen LogP contribution is 2.04. The smallest absolute Gasteiger partial charge is 0.0379 e. The molecule has 1 aromatic carbocycles. The fraction of sp³-hybridized carbons (Fsp3) is 0.0769. The van der Waals surface area contributed by atoms with Crippen molar-refractivity contribution in [2.24, 2.45) is 0 Å². The molecule has 2 heteroatoms. The molecule has 0 atom stereocenters. The number of hydrogen-bond acceptors (Lipinski definition) is 2. The van der Waals surface area contributed by atoms with Gasteiger partial charge >= 0.3 is 0 Å². The predicted molar refractivity (Wildman–Crippen MR) is 71.1 cm³/mol. The van der Waals surface area contributed by atoms with Crippen LogP contribution in [0.3, 0.4) is 0 Å². The quantitative estimate of drug-likeness (QED) is 0.561. The molecule has 78 valence electrons. The van der Waals surface area contributed by atoms with Crippen LogP contribution in [0.5, 0.6) is 0 Å². The zero-order valence-electron chi connectivity index (χ0n) is 8.51. The fourth-order valence-electron chi connectivity index (χ4n) is 1.04. The normalized spacial score (nSPS) is 11.8. The number of hydrogen-bond donors (Lipinski definition) is 2. The molecule has 0 heterocycles. The number of nitrogens with one attached hydrogen (secondary N) is 1. The van der Waals surface area contributed by atoms with Crippen LogP contribution in [0.1, 0.15) is 6.42 Å². The van der Waals surface area contributed by atoms with Crippen molar-refractivity contribution in [1.29, 1.82) is 0 Å². The van der Waals surface area contributed by atoms with Gasteiger partial charge in [0, 0.05) is 5.69 Å². The van der Waals surface area contributed by atoms with Gasteiger partial charge in [0.05, 0.1) is 0 Å². The van der Waals surface area contributed by atoms with Crippen molar-refractivity contribution < 1.29 is 0 Å². The predicted octanol–water partition coefficient (Wildman–Crippen LogP) is 4.00. The van der Waals surface area contributed by atoms with E-state index in [2.05, 4.69) is 30.1 Å². The molecule has 0 unspecified atom stereocenters. The highest BCUT2D eigenvalue weighted by atomic mass is 32.1. The number of allylic oxidation sites excluding steroid dienone is 4. The largest absolute Gasteiger partial charge is 0.362 e. The van der Waals surface area contributed by atoms with Crippen LogP contribution in [0, 0.1) is 0 Å². The molecule has 15 heavy (non-hydrogen) atoms. The summed E-state index contributed by atoms with van der Waals surface area (Å²) in [6.07, 6.45) is 10.9. The fourth-order valence-corrected chi connectivity index (χ4v) is 1.14. The van der Waals surface area contributed by atoms with E-state index in [0.29, 0.717) is 0 Å². The second kappa shape index (κ2) is 7.94. The van der Waals surface area contributed by atoms with Crippen molar-refractivity contribution in [2.75, 3.05) is 5.32 Å². The molecule has 0 fully saturated rings. The Hall–Kier alpha value is -1.41. The van der Waals surface area contributed by atoms with E-state index in [1.165, 1.54) is 0 Å². The molecular formula is C13H15NS. The van der Waals surface area contributed by atoms with Crippen LogP contribution >= 0.6 is 12.6 Å². The summed E-state index contributed by atoms with van der Waals surface area (Å²) in [5.41, 5.74) is 1.10. The molecule has 1 rings (SSSR count). The number of anilines is 1. The molecule has 1 aromatic rings. The summed E-state index contributed by atoms with van der Waals surface area (Å²) in [6, 6.07) is 10.1. The Balaban J connectivity index is 2.23. The first-order valence-corrected chi connectivity index (χ1v) is 5.37. The Morgan fingerprint density at radius 1 is 1.07 bits per heavy atom. The Morgan fingerprint density at radius 3 is 2.60 bits per heavy atom. The van der Waals surface area contributed by atoms with E-state index >= 15 is 0 Å². The van der Waals surface area contributed by atoms with Crippen molar-refractivity contribution in [2.45, 2.75) is 6.42 Å². The molecule has 0 aromatic heterocycles. The van der Waals surface area contributed by atoms with Crippen molar-refractivity contribution in [1.82, 2.24) is 0 Å². The third-order valence-corrected chi connectivity index (χ3v) is 1.92. The molecule has 0 aliphatic rings. The maximum Gasteiger partial charge on any atom is 0.0379 e. The molecule has 0 radical (unpaired) electrons. The van der Waals surface area contributed by atoms with E-state index in [1.54, 1.807) is 5.41 Å². The highest BCUT2D eigenvalue weighted by Gasteiger charge is 1.81. The molecular weight excluding hydrogens is 202 g/mol. The average Bonchev–Trinajstić information content (AvgIpc) is 2.29. The van der Waals surface area contributed by atoms with Crippen LogP contribution in [-0.4, -0.2) is 0 Å². The van der Waals surface area contributed by atoms with Crippen LogP contribution in [0.4, 0.5) is 5.69 Å². The van der Waals surface area contributed by atoms with Crippen LogP contribution < -0.4 is 5.32 Å². The van der Waals surface area contributed by atoms with Crippen molar-refractivity contribution in [3.8, 4) is 0 Å². The first-order valence-electron chi connectivity index (χ1n) is 4.86. The maximum absolute atomic E-state index is 3.95. The van der Waals surface area contributed by atoms with Crippen molar-refractivity contribution in [3.63, 3.8) is 0 Å². The third-order valence-electron chi connectivity index (χ3n) is 1.75. The van der Waals surface area contributed by atoms with Gasteiger partial charge in [0.25, 0.3) is 0 Å². The van der Waals surface area contributed by atoms with Gasteiger partial charge in [0.15, 0.2) is 0 Å². The second-order valence-electron chi connectivity index (χ2n) is 2.92. The molecule has 0 spiro atoms. The second-order valence-corrected chi connectivity index (χ2v) is 3.22. The summed E-state index contributed by atoms with van der Waals surface area (Å²) in [5, 5.41) is 4.90. The Kier molecular flexibility index (Phi) is 6.18. The summed E-state index contributed by atoms with van der Waals surface area (Å²) in [4.78, 5) is 0. The number of benzene rings is 1. The molecule has 0 amide bonds. The van der Waals surface area contributed by atoms with Gasteiger partial charge in [0.2, 0.25) is 0 Å². The standard InChI is InChI=1S/C13H15NS/c15-12-8-3-1-2-7-11-14-13-9-5-4-6-10-13/h1,3-12,14-15H,2H2/b3-1+,11-7-,12-8-. The topological polar surface area (TPSA) is 12.0 Å². The van der Waals surface area contributed by atoms with E-state index in [4.69, 9.17) is 0 Å². The average molecular weight is 217 g/mol. The Morgan fingerprint density at radius 2 is 1.87 bits per heavy atom. The first kappa shape index (κ1) is 11.7. The summed E-state index contributed by atoms with van der Waals surface area (Å²) in [5.74, 6) is 0. The third kappa shape index (κ3) is 5.81. The van der Waals surface area contributed by atoms with Crippen LogP contribution in [0.2, 0.25) is 0 Å².